The van der Waals surface area contributed by atoms with Crippen LogP contribution in [0.4, 0.5) is 0 Å². The summed E-state index contributed by atoms with van der Waals surface area (Å²) in [7, 11) is 0. The van der Waals surface area contributed by atoms with Gasteiger partial charge in [-0.3, -0.25) is 4.99 Å². The topological polar surface area (TPSA) is 12.4 Å². The lowest BCUT2D eigenvalue weighted by Gasteiger charge is -2.09. The van der Waals surface area contributed by atoms with Crippen molar-refractivity contribution in [3.8, 4) is 0 Å². The largest absolute Gasteiger partial charge is 0.289 e. The van der Waals surface area contributed by atoms with Crippen molar-refractivity contribution in [3.05, 3.63) is 35.9 Å². The maximum atomic E-state index is 4.51. The molecule has 0 amide bonds. The fourth-order valence-electron chi connectivity index (χ4n) is 1.39. The minimum absolute atomic E-state index is 0.502. The molecule has 0 N–H and O–H groups in total. The summed E-state index contributed by atoms with van der Waals surface area (Å²) in [6.07, 6.45) is 0. The third kappa shape index (κ3) is 2.69. The van der Waals surface area contributed by atoms with Crippen LogP contribution < -0.4 is 0 Å². The van der Waals surface area contributed by atoms with E-state index in [9.17, 15) is 0 Å². The van der Waals surface area contributed by atoms with Crippen LogP contribution in [0, 0.1) is 5.92 Å². The van der Waals surface area contributed by atoms with Gasteiger partial charge in [0.2, 0.25) is 0 Å². The summed E-state index contributed by atoms with van der Waals surface area (Å²) in [5, 5.41) is 0. The molecule has 1 aromatic carbocycles. The molecule has 0 aromatic heterocycles. The van der Waals surface area contributed by atoms with Crippen LogP contribution >= 0.6 is 0 Å². The fourth-order valence-corrected chi connectivity index (χ4v) is 1.39. The number of hydrogen-bond acceptors (Lipinski definition) is 1. The predicted octanol–water partition coefficient (Wildman–Crippen LogP) is 3.15. The highest BCUT2D eigenvalue weighted by Crippen LogP contribution is 2.09. The molecule has 0 aliphatic rings. The first kappa shape index (κ1) is 9.97. The van der Waals surface area contributed by atoms with Crippen molar-refractivity contribution in [2.75, 3.05) is 6.54 Å². The normalized spacial score (nSPS) is 12.2. The highest BCUT2D eigenvalue weighted by molar-refractivity contribution is 6.01. The molecule has 70 valence electrons. The van der Waals surface area contributed by atoms with E-state index in [4.69, 9.17) is 0 Å². The molecule has 13 heavy (non-hydrogen) atoms. The van der Waals surface area contributed by atoms with Gasteiger partial charge in [0.1, 0.15) is 0 Å². The standard InChI is InChI=1S/C12H17N/c1-4-13-12(10(2)3)11-8-6-5-7-9-11/h5-10H,4H2,1-3H3/b13-12+. The van der Waals surface area contributed by atoms with Crippen molar-refractivity contribution >= 4 is 5.71 Å². The zero-order valence-electron chi connectivity index (χ0n) is 8.62. The Morgan fingerprint density at radius 1 is 1.23 bits per heavy atom. The van der Waals surface area contributed by atoms with E-state index in [0.29, 0.717) is 5.92 Å². The molecule has 0 unspecified atom stereocenters. The van der Waals surface area contributed by atoms with Gasteiger partial charge in [-0.2, -0.15) is 0 Å². The highest BCUT2D eigenvalue weighted by atomic mass is 14.7. The first-order valence-electron chi connectivity index (χ1n) is 4.85. The van der Waals surface area contributed by atoms with Crippen LogP contribution in [0.1, 0.15) is 26.3 Å². The number of rotatable bonds is 3. The Bertz CT molecular complexity index is 272. The Kier molecular flexibility index (Phi) is 3.69. The summed E-state index contributed by atoms with van der Waals surface area (Å²) in [5.41, 5.74) is 2.46. The first-order valence-corrected chi connectivity index (χ1v) is 4.85. The number of nitrogens with zero attached hydrogens (tertiary/aromatic N) is 1. The van der Waals surface area contributed by atoms with E-state index < -0.39 is 0 Å². The Balaban J connectivity index is 2.96. The predicted molar refractivity (Wildman–Crippen MR) is 58.4 cm³/mol. The molecule has 0 heterocycles. The van der Waals surface area contributed by atoms with Crippen molar-refractivity contribution in [2.45, 2.75) is 20.8 Å². The summed E-state index contributed by atoms with van der Waals surface area (Å²) in [5.74, 6) is 0.502. The number of benzene rings is 1. The second-order valence-corrected chi connectivity index (χ2v) is 3.38. The average Bonchev–Trinajstić information content (AvgIpc) is 2.15. The van der Waals surface area contributed by atoms with Crippen LogP contribution in [-0.4, -0.2) is 12.3 Å². The number of aliphatic imine (C=N–C) groups is 1. The van der Waals surface area contributed by atoms with Crippen LogP contribution in [0.3, 0.4) is 0 Å². The average molecular weight is 175 g/mol. The minimum Gasteiger partial charge on any atom is -0.289 e. The summed E-state index contributed by atoms with van der Waals surface area (Å²) in [4.78, 5) is 4.51. The van der Waals surface area contributed by atoms with E-state index in [1.54, 1.807) is 0 Å². The summed E-state index contributed by atoms with van der Waals surface area (Å²) in [6, 6.07) is 10.4. The second-order valence-electron chi connectivity index (χ2n) is 3.38. The molecule has 1 aromatic rings. The molecule has 0 radical (unpaired) electrons. The van der Waals surface area contributed by atoms with E-state index in [-0.39, 0.29) is 0 Å². The van der Waals surface area contributed by atoms with Crippen molar-refractivity contribution in [1.82, 2.24) is 0 Å². The summed E-state index contributed by atoms with van der Waals surface area (Å²) < 4.78 is 0. The third-order valence-electron chi connectivity index (χ3n) is 1.94. The first-order chi connectivity index (χ1) is 6.25. The molecule has 0 spiro atoms. The Labute approximate surface area is 80.5 Å². The molecule has 0 aliphatic carbocycles. The third-order valence-corrected chi connectivity index (χ3v) is 1.94. The van der Waals surface area contributed by atoms with Crippen LogP contribution in [-0.2, 0) is 0 Å². The Hall–Kier alpha value is -1.11. The molecule has 1 rings (SSSR count). The van der Waals surface area contributed by atoms with E-state index >= 15 is 0 Å². The van der Waals surface area contributed by atoms with Gasteiger partial charge >= 0.3 is 0 Å². The molecule has 0 bridgehead atoms. The van der Waals surface area contributed by atoms with Crippen LogP contribution in [0.5, 0.6) is 0 Å². The van der Waals surface area contributed by atoms with Gasteiger partial charge in [0, 0.05) is 12.3 Å². The van der Waals surface area contributed by atoms with Crippen molar-refractivity contribution in [1.29, 1.82) is 0 Å². The van der Waals surface area contributed by atoms with Gasteiger partial charge < -0.3 is 0 Å². The van der Waals surface area contributed by atoms with Crippen molar-refractivity contribution in [2.24, 2.45) is 10.9 Å². The lowest BCUT2D eigenvalue weighted by atomic mass is 10.00. The van der Waals surface area contributed by atoms with E-state index in [2.05, 4.69) is 50.0 Å². The quantitative estimate of drug-likeness (QED) is 0.626. The Morgan fingerprint density at radius 2 is 1.85 bits per heavy atom. The lowest BCUT2D eigenvalue weighted by Crippen LogP contribution is -2.09. The SMILES string of the molecule is CC/N=C(/c1ccccc1)C(C)C. The van der Waals surface area contributed by atoms with E-state index in [0.717, 1.165) is 6.54 Å². The fraction of sp³-hybridized carbons (Fsp3) is 0.417. The van der Waals surface area contributed by atoms with Crippen LogP contribution in [0.25, 0.3) is 0 Å². The smallest absolute Gasteiger partial charge is 0.0445 e. The molecule has 0 fully saturated rings. The Morgan fingerprint density at radius 3 is 2.31 bits per heavy atom. The van der Waals surface area contributed by atoms with Crippen LogP contribution in [0.15, 0.2) is 35.3 Å². The van der Waals surface area contributed by atoms with E-state index in [1.165, 1.54) is 11.3 Å². The zero-order chi connectivity index (χ0) is 9.68. The maximum absolute atomic E-state index is 4.51. The zero-order valence-corrected chi connectivity index (χ0v) is 8.62. The van der Waals surface area contributed by atoms with Gasteiger partial charge in [-0.05, 0) is 18.4 Å². The molecule has 0 aliphatic heterocycles. The maximum Gasteiger partial charge on any atom is 0.0445 e. The molecule has 0 saturated heterocycles. The van der Waals surface area contributed by atoms with Crippen molar-refractivity contribution < 1.29 is 0 Å². The monoisotopic (exact) mass is 175 g/mol. The van der Waals surface area contributed by atoms with Crippen molar-refractivity contribution in [3.63, 3.8) is 0 Å². The van der Waals surface area contributed by atoms with Gasteiger partial charge in [0.15, 0.2) is 0 Å². The van der Waals surface area contributed by atoms with Gasteiger partial charge in [-0.15, -0.1) is 0 Å². The molecule has 1 heteroatoms. The molecule has 1 nitrogen and oxygen atoms in total. The number of hydrogen-bond donors (Lipinski definition) is 0. The summed E-state index contributed by atoms with van der Waals surface area (Å²) >= 11 is 0. The van der Waals surface area contributed by atoms with Gasteiger partial charge in [-0.25, -0.2) is 0 Å². The highest BCUT2D eigenvalue weighted by Gasteiger charge is 2.06. The van der Waals surface area contributed by atoms with Gasteiger partial charge in [0.05, 0.1) is 0 Å². The van der Waals surface area contributed by atoms with Gasteiger partial charge in [0.25, 0.3) is 0 Å². The van der Waals surface area contributed by atoms with E-state index in [1.807, 2.05) is 6.07 Å². The molecule has 0 saturated carbocycles. The second kappa shape index (κ2) is 4.80. The lowest BCUT2D eigenvalue weighted by molar-refractivity contribution is 0.873. The van der Waals surface area contributed by atoms with Gasteiger partial charge in [-0.1, -0.05) is 44.2 Å². The summed E-state index contributed by atoms with van der Waals surface area (Å²) in [6.45, 7) is 7.30. The minimum atomic E-state index is 0.502. The van der Waals surface area contributed by atoms with Crippen LogP contribution in [0.2, 0.25) is 0 Å². The molecule has 0 atom stereocenters. The molecular formula is C12H17N. The molecular weight excluding hydrogens is 158 g/mol.